The van der Waals surface area contributed by atoms with Crippen LogP contribution in [0.1, 0.15) is 12.5 Å². The molecule has 0 aliphatic rings. The van der Waals surface area contributed by atoms with Crippen molar-refractivity contribution in [3.8, 4) is 0 Å². The highest BCUT2D eigenvalue weighted by molar-refractivity contribution is 9.10. The Labute approximate surface area is 119 Å². The lowest BCUT2D eigenvalue weighted by molar-refractivity contribution is -0.123. The molecule has 0 aliphatic heterocycles. The molecule has 0 bridgehead atoms. The molecular formula is C13H14BrN3O2. The minimum absolute atomic E-state index is 0.425. The van der Waals surface area contributed by atoms with E-state index in [9.17, 15) is 9.90 Å². The lowest BCUT2D eigenvalue weighted by atomic mass is 10.2. The monoisotopic (exact) mass is 323 g/mol. The van der Waals surface area contributed by atoms with Gasteiger partial charge in [0.15, 0.2) is 0 Å². The van der Waals surface area contributed by atoms with Gasteiger partial charge in [-0.25, -0.2) is 4.98 Å². The standard InChI is InChI=1S/C13H14BrN3O2/c1-9(18)12(19)16-13-15-6-7-17(13)8-10-2-4-11(14)5-3-10/h2-7,9,18H,8H2,1H3,(H,15,16,19). The summed E-state index contributed by atoms with van der Waals surface area (Å²) in [4.78, 5) is 15.5. The Morgan fingerprint density at radius 2 is 2.16 bits per heavy atom. The second kappa shape index (κ2) is 5.99. The molecular weight excluding hydrogens is 310 g/mol. The molecule has 1 aromatic heterocycles. The Bertz CT molecular complexity index is 564. The van der Waals surface area contributed by atoms with E-state index in [0.717, 1.165) is 10.0 Å². The lowest BCUT2D eigenvalue weighted by Crippen LogP contribution is -2.26. The van der Waals surface area contributed by atoms with E-state index in [-0.39, 0.29) is 0 Å². The Morgan fingerprint density at radius 3 is 2.79 bits per heavy atom. The van der Waals surface area contributed by atoms with Gasteiger partial charge in [-0.05, 0) is 24.6 Å². The van der Waals surface area contributed by atoms with E-state index in [0.29, 0.717) is 12.5 Å². The highest BCUT2D eigenvalue weighted by Gasteiger charge is 2.12. The van der Waals surface area contributed by atoms with Gasteiger partial charge in [0.05, 0.1) is 6.54 Å². The third-order valence-electron chi connectivity index (χ3n) is 2.60. The van der Waals surface area contributed by atoms with Crippen molar-refractivity contribution in [2.75, 3.05) is 5.32 Å². The summed E-state index contributed by atoms with van der Waals surface area (Å²) < 4.78 is 2.83. The van der Waals surface area contributed by atoms with Crippen LogP contribution < -0.4 is 5.32 Å². The summed E-state index contributed by atoms with van der Waals surface area (Å²) in [6.07, 6.45) is 2.33. The van der Waals surface area contributed by atoms with Crippen LogP contribution in [0.4, 0.5) is 5.95 Å². The normalized spacial score (nSPS) is 12.2. The number of hydrogen-bond acceptors (Lipinski definition) is 3. The molecule has 0 saturated heterocycles. The molecule has 0 aliphatic carbocycles. The SMILES string of the molecule is CC(O)C(=O)Nc1nccn1Cc1ccc(Br)cc1. The van der Waals surface area contributed by atoms with Crippen molar-refractivity contribution in [2.24, 2.45) is 0 Å². The topological polar surface area (TPSA) is 67.2 Å². The van der Waals surface area contributed by atoms with E-state index >= 15 is 0 Å². The number of halogens is 1. The van der Waals surface area contributed by atoms with Crippen molar-refractivity contribution in [3.05, 3.63) is 46.7 Å². The van der Waals surface area contributed by atoms with Gasteiger partial charge in [0.1, 0.15) is 6.10 Å². The number of aliphatic hydroxyl groups excluding tert-OH is 1. The Morgan fingerprint density at radius 1 is 1.47 bits per heavy atom. The maximum Gasteiger partial charge on any atom is 0.255 e. The van der Waals surface area contributed by atoms with Crippen molar-refractivity contribution >= 4 is 27.8 Å². The van der Waals surface area contributed by atoms with Gasteiger partial charge in [-0.15, -0.1) is 0 Å². The second-order valence-corrected chi connectivity index (χ2v) is 5.09. The van der Waals surface area contributed by atoms with Crippen LogP contribution in [0.15, 0.2) is 41.1 Å². The number of anilines is 1. The molecule has 1 atom stereocenters. The number of imidazole rings is 1. The van der Waals surface area contributed by atoms with Crippen molar-refractivity contribution in [1.82, 2.24) is 9.55 Å². The summed E-state index contributed by atoms with van der Waals surface area (Å²) in [5.41, 5.74) is 1.09. The van der Waals surface area contributed by atoms with E-state index in [2.05, 4.69) is 26.2 Å². The number of nitrogens with zero attached hydrogens (tertiary/aromatic N) is 2. The first-order valence-corrected chi connectivity index (χ1v) is 6.60. The fraction of sp³-hybridized carbons (Fsp3) is 0.231. The number of nitrogens with one attached hydrogen (secondary N) is 1. The highest BCUT2D eigenvalue weighted by atomic mass is 79.9. The van der Waals surface area contributed by atoms with Crippen LogP contribution in [0.5, 0.6) is 0 Å². The van der Waals surface area contributed by atoms with Crippen LogP contribution in [-0.4, -0.2) is 26.7 Å². The van der Waals surface area contributed by atoms with Crippen LogP contribution >= 0.6 is 15.9 Å². The first-order valence-electron chi connectivity index (χ1n) is 5.81. The third kappa shape index (κ3) is 3.65. The van der Waals surface area contributed by atoms with Gasteiger partial charge in [-0.1, -0.05) is 28.1 Å². The molecule has 1 heterocycles. The van der Waals surface area contributed by atoms with Gasteiger partial charge in [0, 0.05) is 16.9 Å². The average molecular weight is 324 g/mol. The number of aromatic nitrogens is 2. The molecule has 2 rings (SSSR count). The van der Waals surface area contributed by atoms with Crippen molar-refractivity contribution in [3.63, 3.8) is 0 Å². The number of hydrogen-bond donors (Lipinski definition) is 2. The minimum Gasteiger partial charge on any atom is -0.384 e. The molecule has 0 radical (unpaired) electrons. The summed E-state index contributed by atoms with van der Waals surface area (Å²) in [5, 5.41) is 11.8. The molecule has 1 unspecified atom stereocenters. The molecule has 19 heavy (non-hydrogen) atoms. The van der Waals surface area contributed by atoms with Crippen LogP contribution in [0, 0.1) is 0 Å². The molecule has 0 spiro atoms. The van der Waals surface area contributed by atoms with Gasteiger partial charge < -0.3 is 9.67 Å². The maximum atomic E-state index is 11.4. The summed E-state index contributed by atoms with van der Waals surface area (Å²) in [6, 6.07) is 7.90. The minimum atomic E-state index is -1.06. The summed E-state index contributed by atoms with van der Waals surface area (Å²) >= 11 is 3.38. The number of amides is 1. The molecule has 0 fully saturated rings. The number of benzene rings is 1. The van der Waals surface area contributed by atoms with E-state index in [1.165, 1.54) is 6.92 Å². The highest BCUT2D eigenvalue weighted by Crippen LogP contribution is 2.13. The van der Waals surface area contributed by atoms with Gasteiger partial charge in [0.2, 0.25) is 5.95 Å². The summed E-state index contributed by atoms with van der Waals surface area (Å²) in [7, 11) is 0. The lowest BCUT2D eigenvalue weighted by Gasteiger charge is -2.10. The fourth-order valence-corrected chi connectivity index (χ4v) is 1.83. The largest absolute Gasteiger partial charge is 0.384 e. The predicted octanol–water partition coefficient (Wildman–Crippen LogP) is 2.01. The maximum absolute atomic E-state index is 11.4. The quantitative estimate of drug-likeness (QED) is 0.904. The van der Waals surface area contributed by atoms with E-state index in [1.54, 1.807) is 12.4 Å². The second-order valence-electron chi connectivity index (χ2n) is 4.17. The van der Waals surface area contributed by atoms with Crippen LogP contribution in [0.3, 0.4) is 0 Å². The number of carbonyl (C=O) groups is 1. The zero-order valence-corrected chi connectivity index (χ0v) is 12.0. The van der Waals surface area contributed by atoms with E-state index < -0.39 is 12.0 Å². The Kier molecular flexibility index (Phi) is 4.34. The number of rotatable bonds is 4. The number of carbonyl (C=O) groups excluding carboxylic acids is 1. The van der Waals surface area contributed by atoms with Crippen LogP contribution in [0.25, 0.3) is 0 Å². The molecule has 5 nitrogen and oxygen atoms in total. The fourth-order valence-electron chi connectivity index (χ4n) is 1.56. The Balaban J connectivity index is 2.11. The number of aliphatic hydroxyl groups is 1. The molecule has 6 heteroatoms. The summed E-state index contributed by atoms with van der Waals surface area (Å²) in [6.45, 7) is 2.01. The smallest absolute Gasteiger partial charge is 0.255 e. The van der Waals surface area contributed by atoms with E-state index in [1.807, 2.05) is 28.8 Å². The van der Waals surface area contributed by atoms with Gasteiger partial charge in [-0.2, -0.15) is 0 Å². The predicted molar refractivity (Wildman–Crippen MR) is 75.8 cm³/mol. The van der Waals surface area contributed by atoms with Crippen molar-refractivity contribution < 1.29 is 9.90 Å². The first kappa shape index (κ1) is 13.8. The van der Waals surface area contributed by atoms with Gasteiger partial charge in [-0.3, -0.25) is 10.1 Å². The molecule has 2 aromatic rings. The Hall–Kier alpha value is -1.66. The van der Waals surface area contributed by atoms with E-state index in [4.69, 9.17) is 0 Å². The molecule has 2 N–H and O–H groups in total. The van der Waals surface area contributed by atoms with Crippen LogP contribution in [-0.2, 0) is 11.3 Å². The molecule has 1 aromatic carbocycles. The van der Waals surface area contributed by atoms with Crippen molar-refractivity contribution in [1.29, 1.82) is 0 Å². The molecule has 1 amide bonds. The first-order chi connectivity index (χ1) is 9.06. The zero-order valence-electron chi connectivity index (χ0n) is 10.4. The summed E-state index contributed by atoms with van der Waals surface area (Å²) in [5.74, 6) is -0.0444. The van der Waals surface area contributed by atoms with Gasteiger partial charge in [0.25, 0.3) is 5.91 Å². The van der Waals surface area contributed by atoms with Crippen molar-refractivity contribution in [2.45, 2.75) is 19.6 Å². The third-order valence-corrected chi connectivity index (χ3v) is 3.12. The molecule has 0 saturated carbocycles. The zero-order chi connectivity index (χ0) is 13.8. The average Bonchev–Trinajstić information content (AvgIpc) is 2.79. The van der Waals surface area contributed by atoms with Gasteiger partial charge >= 0.3 is 0 Å². The molecule has 100 valence electrons. The van der Waals surface area contributed by atoms with Crippen LogP contribution in [0.2, 0.25) is 0 Å².